The van der Waals surface area contributed by atoms with Crippen molar-refractivity contribution in [3.05, 3.63) is 34.6 Å². The Morgan fingerprint density at radius 3 is 2.65 bits per heavy atom. The van der Waals surface area contributed by atoms with E-state index in [1.165, 1.54) is 0 Å². The summed E-state index contributed by atoms with van der Waals surface area (Å²) >= 11 is 5.80. The Labute approximate surface area is 107 Å². The standard InChI is InChI=1S/C14H19ClFN/c1-13(2)7-4-8-14(13,17)9-10-5-3-6-11(15)12(10)16/h3,5-6H,4,7-9,17H2,1-2H3. The van der Waals surface area contributed by atoms with Crippen molar-refractivity contribution in [1.82, 2.24) is 0 Å². The summed E-state index contributed by atoms with van der Waals surface area (Å²) in [5.41, 5.74) is 6.85. The van der Waals surface area contributed by atoms with Gasteiger partial charge in [-0.15, -0.1) is 0 Å². The van der Waals surface area contributed by atoms with Gasteiger partial charge in [0.05, 0.1) is 5.02 Å². The van der Waals surface area contributed by atoms with Crippen molar-refractivity contribution >= 4 is 11.6 Å². The lowest BCUT2D eigenvalue weighted by Crippen LogP contribution is -2.50. The second kappa shape index (κ2) is 4.25. The van der Waals surface area contributed by atoms with Crippen molar-refractivity contribution in [2.24, 2.45) is 11.1 Å². The molecule has 2 N–H and O–H groups in total. The first kappa shape index (κ1) is 12.8. The molecule has 0 spiro atoms. The third-order valence-electron chi connectivity index (χ3n) is 4.31. The van der Waals surface area contributed by atoms with E-state index in [9.17, 15) is 4.39 Å². The van der Waals surface area contributed by atoms with Gasteiger partial charge >= 0.3 is 0 Å². The maximum Gasteiger partial charge on any atom is 0.145 e. The Hall–Kier alpha value is -0.600. The number of benzene rings is 1. The molecule has 1 aliphatic carbocycles. The van der Waals surface area contributed by atoms with Gasteiger partial charge in [-0.3, -0.25) is 0 Å². The van der Waals surface area contributed by atoms with Crippen LogP contribution >= 0.6 is 11.6 Å². The Balaban J connectivity index is 2.29. The molecular weight excluding hydrogens is 237 g/mol. The minimum Gasteiger partial charge on any atom is -0.324 e. The van der Waals surface area contributed by atoms with Crippen molar-refractivity contribution in [3.8, 4) is 0 Å². The Kier molecular flexibility index (Phi) is 3.21. The summed E-state index contributed by atoms with van der Waals surface area (Å²) in [6, 6.07) is 5.14. The average Bonchev–Trinajstić information content (AvgIpc) is 2.49. The fourth-order valence-electron chi connectivity index (χ4n) is 2.79. The predicted octanol–water partition coefficient (Wildman–Crippen LogP) is 3.93. The highest BCUT2D eigenvalue weighted by molar-refractivity contribution is 6.30. The molecule has 1 aromatic rings. The van der Waals surface area contributed by atoms with E-state index in [1.54, 1.807) is 18.2 Å². The molecule has 17 heavy (non-hydrogen) atoms. The summed E-state index contributed by atoms with van der Waals surface area (Å²) in [6.07, 6.45) is 3.73. The predicted molar refractivity (Wildman–Crippen MR) is 69.7 cm³/mol. The molecule has 94 valence electrons. The van der Waals surface area contributed by atoms with E-state index >= 15 is 0 Å². The highest BCUT2D eigenvalue weighted by atomic mass is 35.5. The molecule has 0 amide bonds. The number of nitrogens with two attached hydrogens (primary N) is 1. The highest BCUT2D eigenvalue weighted by Gasteiger charge is 2.45. The lowest BCUT2D eigenvalue weighted by Gasteiger charge is -2.38. The SMILES string of the molecule is CC1(C)CCCC1(N)Cc1cccc(Cl)c1F. The third kappa shape index (κ3) is 2.21. The Morgan fingerprint density at radius 1 is 1.35 bits per heavy atom. The molecule has 0 saturated heterocycles. The Bertz CT molecular complexity index is 430. The van der Waals surface area contributed by atoms with Crippen LogP contribution in [-0.4, -0.2) is 5.54 Å². The van der Waals surface area contributed by atoms with Gasteiger partial charge in [-0.2, -0.15) is 0 Å². The van der Waals surface area contributed by atoms with Crippen LogP contribution in [0.3, 0.4) is 0 Å². The zero-order chi connectivity index (χ0) is 12.7. The first-order chi connectivity index (χ1) is 7.86. The fraction of sp³-hybridized carbons (Fsp3) is 0.571. The highest BCUT2D eigenvalue weighted by Crippen LogP contribution is 2.46. The lowest BCUT2D eigenvalue weighted by atomic mass is 9.72. The monoisotopic (exact) mass is 255 g/mol. The molecular formula is C14H19ClFN. The number of rotatable bonds is 2. The first-order valence-corrected chi connectivity index (χ1v) is 6.45. The topological polar surface area (TPSA) is 26.0 Å². The van der Waals surface area contributed by atoms with E-state index in [1.807, 2.05) is 0 Å². The van der Waals surface area contributed by atoms with Crippen LogP contribution in [0.1, 0.15) is 38.7 Å². The second-order valence-corrected chi connectivity index (χ2v) is 6.19. The van der Waals surface area contributed by atoms with E-state index in [-0.39, 0.29) is 21.8 Å². The van der Waals surface area contributed by atoms with Gasteiger partial charge in [-0.25, -0.2) is 4.39 Å². The molecule has 3 heteroatoms. The van der Waals surface area contributed by atoms with E-state index in [4.69, 9.17) is 17.3 Å². The van der Waals surface area contributed by atoms with Crippen LogP contribution < -0.4 is 5.73 Å². The van der Waals surface area contributed by atoms with Gasteiger partial charge in [0.25, 0.3) is 0 Å². The van der Waals surface area contributed by atoms with Gasteiger partial charge in [0, 0.05) is 5.54 Å². The smallest absolute Gasteiger partial charge is 0.145 e. The van der Waals surface area contributed by atoms with Crippen LogP contribution in [0.4, 0.5) is 4.39 Å². The first-order valence-electron chi connectivity index (χ1n) is 6.07. The van der Waals surface area contributed by atoms with E-state index in [0.29, 0.717) is 12.0 Å². The molecule has 1 atom stereocenters. The van der Waals surface area contributed by atoms with Gasteiger partial charge in [-0.1, -0.05) is 44.0 Å². The van der Waals surface area contributed by atoms with Gasteiger partial charge in [0.1, 0.15) is 5.82 Å². The zero-order valence-corrected chi connectivity index (χ0v) is 11.1. The second-order valence-electron chi connectivity index (χ2n) is 5.78. The molecule has 0 bridgehead atoms. The van der Waals surface area contributed by atoms with Crippen LogP contribution in [0.25, 0.3) is 0 Å². The van der Waals surface area contributed by atoms with Gasteiger partial charge in [0.2, 0.25) is 0 Å². The third-order valence-corrected chi connectivity index (χ3v) is 4.60. The zero-order valence-electron chi connectivity index (χ0n) is 10.4. The summed E-state index contributed by atoms with van der Waals surface area (Å²) in [5, 5.41) is 0.182. The normalized spacial score (nSPS) is 27.4. The molecule has 0 aromatic heterocycles. The molecule has 1 fully saturated rings. The molecule has 0 aliphatic heterocycles. The maximum atomic E-state index is 13.9. The van der Waals surface area contributed by atoms with Crippen molar-refractivity contribution < 1.29 is 4.39 Å². The molecule has 1 nitrogen and oxygen atoms in total. The molecule has 1 aliphatic rings. The molecule has 1 saturated carbocycles. The van der Waals surface area contributed by atoms with Gasteiger partial charge in [-0.05, 0) is 36.3 Å². The number of halogens is 2. The summed E-state index contributed by atoms with van der Waals surface area (Å²) in [7, 11) is 0. The largest absolute Gasteiger partial charge is 0.324 e. The van der Waals surface area contributed by atoms with E-state index in [0.717, 1.165) is 19.3 Å². The summed E-state index contributed by atoms with van der Waals surface area (Å²) in [5.74, 6) is -0.318. The lowest BCUT2D eigenvalue weighted by molar-refractivity contribution is 0.205. The van der Waals surface area contributed by atoms with Crippen LogP contribution in [0.2, 0.25) is 5.02 Å². The molecule has 1 aromatic carbocycles. The maximum absolute atomic E-state index is 13.9. The molecule has 0 heterocycles. The minimum absolute atomic E-state index is 0.0573. The summed E-state index contributed by atoms with van der Waals surface area (Å²) in [6.45, 7) is 4.34. The summed E-state index contributed by atoms with van der Waals surface area (Å²) in [4.78, 5) is 0. The van der Waals surface area contributed by atoms with Crippen molar-refractivity contribution in [2.75, 3.05) is 0 Å². The van der Waals surface area contributed by atoms with E-state index < -0.39 is 0 Å². The van der Waals surface area contributed by atoms with Crippen LogP contribution in [0, 0.1) is 11.2 Å². The number of hydrogen-bond donors (Lipinski definition) is 1. The van der Waals surface area contributed by atoms with Gasteiger partial charge < -0.3 is 5.73 Å². The quantitative estimate of drug-likeness (QED) is 0.851. The van der Waals surface area contributed by atoms with E-state index in [2.05, 4.69) is 13.8 Å². The number of hydrogen-bond acceptors (Lipinski definition) is 1. The van der Waals surface area contributed by atoms with Crippen LogP contribution in [0.5, 0.6) is 0 Å². The molecule has 1 unspecified atom stereocenters. The Morgan fingerprint density at radius 2 is 2.06 bits per heavy atom. The van der Waals surface area contributed by atoms with Crippen molar-refractivity contribution in [3.63, 3.8) is 0 Å². The van der Waals surface area contributed by atoms with Crippen LogP contribution in [-0.2, 0) is 6.42 Å². The molecule has 2 rings (SSSR count). The molecule has 0 radical (unpaired) electrons. The van der Waals surface area contributed by atoms with Crippen LogP contribution in [0.15, 0.2) is 18.2 Å². The average molecular weight is 256 g/mol. The fourth-order valence-corrected chi connectivity index (χ4v) is 2.98. The minimum atomic E-state index is -0.321. The summed E-state index contributed by atoms with van der Waals surface area (Å²) < 4.78 is 13.9. The van der Waals surface area contributed by atoms with Gasteiger partial charge in [0.15, 0.2) is 0 Å². The van der Waals surface area contributed by atoms with Crippen molar-refractivity contribution in [1.29, 1.82) is 0 Å². The van der Waals surface area contributed by atoms with Crippen molar-refractivity contribution in [2.45, 2.75) is 45.1 Å².